The van der Waals surface area contributed by atoms with Crippen LogP contribution in [0.3, 0.4) is 0 Å². The van der Waals surface area contributed by atoms with Crippen molar-refractivity contribution in [2.24, 2.45) is 5.92 Å². The molecule has 0 radical (unpaired) electrons. The number of carboxylic acid groups (broad SMARTS) is 1. The molecule has 1 aliphatic carbocycles. The molecule has 0 saturated carbocycles. The van der Waals surface area contributed by atoms with Crippen LogP contribution in [0.25, 0.3) is 0 Å². The summed E-state index contributed by atoms with van der Waals surface area (Å²) in [5.41, 5.74) is 0.0597. The van der Waals surface area contributed by atoms with Crippen LogP contribution in [0.1, 0.15) is 50.8 Å². The number of carbonyl (C=O) groups excluding carboxylic acids is 2. The number of anilines is 2. The summed E-state index contributed by atoms with van der Waals surface area (Å²) >= 11 is 0. The van der Waals surface area contributed by atoms with Crippen molar-refractivity contribution in [3.63, 3.8) is 0 Å². The molecular formula is C28H34F2N4O9. The van der Waals surface area contributed by atoms with E-state index >= 15 is 0 Å². The van der Waals surface area contributed by atoms with Crippen molar-refractivity contribution in [1.29, 1.82) is 0 Å². The quantitative estimate of drug-likeness (QED) is 0.262. The van der Waals surface area contributed by atoms with Crippen molar-refractivity contribution in [3.05, 3.63) is 64.7 Å². The predicted octanol–water partition coefficient (Wildman–Crippen LogP) is 4.29. The van der Waals surface area contributed by atoms with Gasteiger partial charge < -0.3 is 24.4 Å². The topological polar surface area (TPSA) is 178 Å². The summed E-state index contributed by atoms with van der Waals surface area (Å²) in [5.74, 6) is -2.98. The Hall–Kier alpha value is -4.37. The molecular weight excluding hydrogens is 574 g/mol. The number of nitrogens with zero attached hydrogens (tertiary/aromatic N) is 2. The van der Waals surface area contributed by atoms with E-state index in [0.29, 0.717) is 21.7 Å². The highest BCUT2D eigenvalue weighted by atomic mass is 19.3. The Balaban J connectivity index is 0.00000162. The Labute approximate surface area is 245 Å². The Morgan fingerprint density at radius 2 is 1.88 bits per heavy atom. The lowest BCUT2D eigenvalue weighted by atomic mass is 9.95. The first-order chi connectivity index (χ1) is 20.5. The summed E-state index contributed by atoms with van der Waals surface area (Å²) in [5, 5.41) is 20.9. The van der Waals surface area contributed by atoms with Gasteiger partial charge in [-0.1, -0.05) is 25.1 Å². The zero-order chi connectivity index (χ0) is 31.4. The van der Waals surface area contributed by atoms with Crippen LogP contribution in [0, 0.1) is 5.92 Å². The molecule has 3 unspecified atom stereocenters. The highest BCUT2D eigenvalue weighted by Gasteiger charge is 2.51. The number of ether oxygens (including phenoxy) is 3. The number of hydrogen-bond donors (Lipinski definition) is 4. The number of aliphatic hydroxyl groups excluding tert-OH is 1. The van der Waals surface area contributed by atoms with Gasteiger partial charge in [0, 0.05) is 18.3 Å². The van der Waals surface area contributed by atoms with Gasteiger partial charge in [0.1, 0.15) is 18.5 Å². The Morgan fingerprint density at radius 1 is 1.16 bits per heavy atom. The summed E-state index contributed by atoms with van der Waals surface area (Å²) in [7, 11) is 0. The average Bonchev–Trinajstić information content (AvgIpc) is 3.26. The van der Waals surface area contributed by atoms with Gasteiger partial charge in [0.2, 0.25) is 6.23 Å². The van der Waals surface area contributed by atoms with Gasteiger partial charge in [-0.15, -0.1) is 0 Å². The lowest BCUT2D eigenvalue weighted by Crippen LogP contribution is -2.35. The third kappa shape index (κ3) is 10.1. The molecule has 2 aromatic rings. The molecule has 2 amide bonds. The number of benzene rings is 1. The highest BCUT2D eigenvalue weighted by Crippen LogP contribution is 2.41. The number of alkyl halides is 2. The molecule has 1 aromatic heterocycles. The number of aliphatic hydroxyl groups is 1. The van der Waals surface area contributed by atoms with Crippen LogP contribution in [0.15, 0.2) is 53.5 Å². The fraction of sp³-hybridized carbons (Fsp3) is 0.464. The summed E-state index contributed by atoms with van der Waals surface area (Å²) in [6.07, 6.45) is 3.36. The van der Waals surface area contributed by atoms with Crippen molar-refractivity contribution < 1.29 is 47.6 Å². The summed E-state index contributed by atoms with van der Waals surface area (Å²) in [4.78, 5) is 48.7. The van der Waals surface area contributed by atoms with Gasteiger partial charge in [0.05, 0.1) is 12.7 Å². The van der Waals surface area contributed by atoms with Crippen LogP contribution in [0.2, 0.25) is 0 Å². The molecule has 2 heterocycles. The number of amides is 2. The molecule has 1 fully saturated rings. The summed E-state index contributed by atoms with van der Waals surface area (Å²) < 4.78 is 44.6. The van der Waals surface area contributed by atoms with E-state index in [9.17, 15) is 23.2 Å². The Kier molecular flexibility index (Phi) is 12.1. The minimum atomic E-state index is -3.37. The van der Waals surface area contributed by atoms with Crippen molar-refractivity contribution in [2.45, 2.75) is 70.0 Å². The maximum atomic E-state index is 14.2. The normalized spacial score (nSPS) is 23.3. The fourth-order valence-electron chi connectivity index (χ4n) is 4.45. The highest BCUT2D eigenvalue weighted by molar-refractivity contribution is 5.85. The third-order valence-electron chi connectivity index (χ3n) is 6.65. The second-order valence-corrected chi connectivity index (χ2v) is 10.0. The SMILES string of the molecule is CC1CC/C=C/[C@H](OC(=O)Nc2ccc(COC(=O)Nc3ccn(C4OC(CO)CC4(F)F)c(=O)n3)cc2)CC1.O=CO. The standard InChI is InChI=1S/C27H32F2N4O7.CH2O2/c1-17-4-2-3-5-20(11-6-17)40-26(37)30-19-9-7-18(8-10-19)16-38-25(36)32-22-12-13-33(24(35)31-22)23-27(28,29)14-21(15-34)39-23;2-1-3/h3,5,7-10,12-13,17,20-21,23,34H,2,4,6,11,14-16H2,1H3,(H,30,37)(H,31,32,35,36);1H,(H,2,3)/b5-3+;/t17?,20-,21?,23?;/m0./s1. The van der Waals surface area contributed by atoms with Crippen molar-refractivity contribution >= 4 is 30.2 Å². The zero-order valence-electron chi connectivity index (χ0n) is 23.4. The molecule has 234 valence electrons. The Morgan fingerprint density at radius 3 is 2.53 bits per heavy atom. The molecule has 13 nitrogen and oxygen atoms in total. The van der Waals surface area contributed by atoms with Crippen LogP contribution < -0.4 is 16.3 Å². The van der Waals surface area contributed by atoms with Gasteiger partial charge in [0.15, 0.2) is 0 Å². The molecule has 0 bridgehead atoms. The molecule has 4 rings (SSSR count). The van der Waals surface area contributed by atoms with Gasteiger partial charge in [-0.05, 0) is 61.4 Å². The van der Waals surface area contributed by atoms with Gasteiger partial charge in [-0.25, -0.2) is 23.2 Å². The third-order valence-corrected chi connectivity index (χ3v) is 6.65. The smallest absolute Gasteiger partial charge is 0.413 e. The van der Waals surface area contributed by atoms with Gasteiger partial charge in [0.25, 0.3) is 12.4 Å². The van der Waals surface area contributed by atoms with Crippen LogP contribution in [-0.4, -0.2) is 63.2 Å². The lowest BCUT2D eigenvalue weighted by molar-refractivity contribution is -0.122. The van der Waals surface area contributed by atoms with Crippen molar-refractivity contribution in [2.75, 3.05) is 17.2 Å². The van der Waals surface area contributed by atoms with E-state index in [1.165, 1.54) is 0 Å². The van der Waals surface area contributed by atoms with Crippen molar-refractivity contribution in [1.82, 2.24) is 9.55 Å². The van der Waals surface area contributed by atoms with Crippen LogP contribution in [0.4, 0.5) is 29.9 Å². The van der Waals surface area contributed by atoms with Crippen molar-refractivity contribution in [3.8, 4) is 0 Å². The lowest BCUT2D eigenvalue weighted by Gasteiger charge is -2.19. The largest absolute Gasteiger partial charge is 0.483 e. The summed E-state index contributed by atoms with van der Waals surface area (Å²) in [6.45, 7) is 1.21. The molecule has 4 N–H and O–H groups in total. The van der Waals surface area contributed by atoms with E-state index in [2.05, 4.69) is 22.5 Å². The molecule has 43 heavy (non-hydrogen) atoms. The molecule has 0 spiro atoms. The van der Waals surface area contributed by atoms with E-state index < -0.39 is 49.2 Å². The number of carbonyl (C=O) groups is 3. The molecule has 15 heteroatoms. The number of hydrogen-bond acceptors (Lipinski definition) is 9. The molecule has 1 aromatic carbocycles. The summed E-state index contributed by atoms with van der Waals surface area (Å²) in [6, 6.07) is 7.73. The fourth-order valence-corrected chi connectivity index (χ4v) is 4.45. The second-order valence-electron chi connectivity index (χ2n) is 10.0. The minimum absolute atomic E-state index is 0.122. The first-order valence-corrected chi connectivity index (χ1v) is 13.5. The molecule has 2 aliphatic rings. The Bertz CT molecular complexity index is 1320. The zero-order valence-corrected chi connectivity index (χ0v) is 23.4. The van der Waals surface area contributed by atoms with Crippen LogP contribution >= 0.6 is 0 Å². The predicted molar refractivity (Wildman–Crippen MR) is 149 cm³/mol. The number of rotatable bonds is 7. The van der Waals surface area contributed by atoms with Crippen LogP contribution in [0.5, 0.6) is 0 Å². The average molecular weight is 609 g/mol. The van der Waals surface area contributed by atoms with Gasteiger partial charge in [-0.2, -0.15) is 4.98 Å². The number of aromatic nitrogens is 2. The first kappa shape index (κ1) is 33.1. The maximum Gasteiger partial charge on any atom is 0.413 e. The van der Waals surface area contributed by atoms with E-state index in [-0.39, 0.29) is 25.0 Å². The number of nitrogens with one attached hydrogen (secondary N) is 2. The molecule has 1 saturated heterocycles. The van der Waals surface area contributed by atoms with E-state index in [4.69, 9.17) is 29.2 Å². The number of halogens is 2. The number of allylic oxidation sites excluding steroid dienone is 1. The molecule has 4 atom stereocenters. The van der Waals surface area contributed by atoms with E-state index in [1.807, 2.05) is 12.2 Å². The minimum Gasteiger partial charge on any atom is -0.483 e. The monoisotopic (exact) mass is 608 g/mol. The maximum absolute atomic E-state index is 14.2. The van der Waals surface area contributed by atoms with Crippen LogP contribution in [-0.2, 0) is 25.6 Å². The van der Waals surface area contributed by atoms with Gasteiger partial charge >= 0.3 is 17.9 Å². The first-order valence-electron chi connectivity index (χ1n) is 13.5. The molecule has 1 aliphatic heterocycles. The second kappa shape index (κ2) is 15.7. The van der Waals surface area contributed by atoms with Gasteiger partial charge in [-0.3, -0.25) is 20.0 Å². The van der Waals surface area contributed by atoms with E-state index in [0.717, 1.165) is 37.9 Å². The van der Waals surface area contributed by atoms with E-state index in [1.54, 1.807) is 24.3 Å².